The Kier molecular flexibility index (Phi) is 5.42. The summed E-state index contributed by atoms with van der Waals surface area (Å²) in [4.78, 5) is 20.5. The fourth-order valence-corrected chi connectivity index (χ4v) is 1.91. The van der Waals surface area contributed by atoms with E-state index in [4.69, 9.17) is 0 Å². The molecule has 0 aromatic heterocycles. The standard InChI is InChI=1S/C15H16N4O3/c20-18-14-4-2-12(3-5-14)16-10-1-11-17-13-6-8-15(9-7-13)19(21)22/h2-9,16-17H,1,10-11H2/p+1. The number of nitro groups is 1. The van der Waals surface area contributed by atoms with Gasteiger partial charge in [-0.3, -0.25) is 10.1 Å². The SMILES string of the molecule is O=[NH+]c1ccc(NCCCNc2ccc([N+](=O)[O-])cc2)cc1. The van der Waals surface area contributed by atoms with Gasteiger partial charge in [0.05, 0.1) is 4.92 Å². The van der Waals surface area contributed by atoms with Gasteiger partial charge < -0.3 is 10.6 Å². The number of nitrogens with one attached hydrogen (secondary N) is 3. The number of benzene rings is 2. The quantitative estimate of drug-likeness (QED) is 0.393. The molecule has 0 heterocycles. The molecule has 3 N–H and O–H groups in total. The summed E-state index contributed by atoms with van der Waals surface area (Å²) in [5, 5.41) is 18.8. The second kappa shape index (κ2) is 7.72. The van der Waals surface area contributed by atoms with E-state index in [1.807, 2.05) is 17.3 Å². The molecule has 7 nitrogen and oxygen atoms in total. The van der Waals surface area contributed by atoms with Crippen LogP contribution < -0.4 is 15.8 Å². The van der Waals surface area contributed by atoms with Crippen molar-refractivity contribution in [3.63, 3.8) is 0 Å². The first-order chi connectivity index (χ1) is 10.7. The number of nitroso groups, excluding NO2 is 1. The summed E-state index contributed by atoms with van der Waals surface area (Å²) >= 11 is 0. The van der Waals surface area contributed by atoms with Crippen LogP contribution in [0.3, 0.4) is 0 Å². The molecule has 0 aliphatic rings. The van der Waals surface area contributed by atoms with Crippen molar-refractivity contribution in [2.24, 2.45) is 0 Å². The molecule has 0 amide bonds. The van der Waals surface area contributed by atoms with Crippen molar-refractivity contribution in [2.45, 2.75) is 6.42 Å². The van der Waals surface area contributed by atoms with E-state index in [0.29, 0.717) is 5.69 Å². The highest BCUT2D eigenvalue weighted by Crippen LogP contribution is 2.15. The van der Waals surface area contributed by atoms with Crippen molar-refractivity contribution >= 4 is 22.7 Å². The van der Waals surface area contributed by atoms with Crippen LogP contribution in [-0.4, -0.2) is 18.0 Å². The zero-order chi connectivity index (χ0) is 15.8. The normalized spacial score (nSPS) is 10.0. The maximum atomic E-state index is 10.5. The van der Waals surface area contributed by atoms with E-state index in [-0.39, 0.29) is 5.69 Å². The lowest BCUT2D eigenvalue weighted by Crippen LogP contribution is -2.55. The minimum Gasteiger partial charge on any atom is -0.385 e. The molecule has 0 unspecified atom stereocenters. The van der Waals surface area contributed by atoms with E-state index in [0.717, 1.165) is 30.9 Å². The Morgan fingerprint density at radius 2 is 1.41 bits per heavy atom. The van der Waals surface area contributed by atoms with Gasteiger partial charge in [-0.05, 0) is 30.7 Å². The predicted molar refractivity (Wildman–Crippen MR) is 85.1 cm³/mol. The molecule has 0 aliphatic carbocycles. The molecular weight excluding hydrogens is 284 g/mol. The molecule has 2 aromatic carbocycles. The Labute approximate surface area is 127 Å². The van der Waals surface area contributed by atoms with Gasteiger partial charge in [-0.25, -0.2) is 0 Å². The van der Waals surface area contributed by atoms with Crippen LogP contribution in [0.2, 0.25) is 0 Å². The van der Waals surface area contributed by atoms with Gasteiger partial charge in [0, 0.05) is 58.8 Å². The maximum Gasteiger partial charge on any atom is 0.269 e. The molecule has 0 atom stereocenters. The van der Waals surface area contributed by atoms with Crippen molar-refractivity contribution in [1.82, 2.24) is 0 Å². The first-order valence-corrected chi connectivity index (χ1v) is 6.89. The third-order valence-electron chi connectivity index (χ3n) is 3.09. The molecule has 114 valence electrons. The molecule has 2 rings (SSSR count). The highest BCUT2D eigenvalue weighted by atomic mass is 16.6. The van der Waals surface area contributed by atoms with Crippen LogP contribution in [0.4, 0.5) is 22.7 Å². The highest BCUT2D eigenvalue weighted by molar-refractivity contribution is 5.49. The van der Waals surface area contributed by atoms with E-state index in [1.54, 1.807) is 24.3 Å². The average molecular weight is 301 g/mol. The van der Waals surface area contributed by atoms with Crippen LogP contribution in [0.25, 0.3) is 0 Å². The van der Waals surface area contributed by atoms with Crippen LogP contribution in [-0.2, 0) is 0 Å². The highest BCUT2D eigenvalue weighted by Gasteiger charge is 2.03. The van der Waals surface area contributed by atoms with Gasteiger partial charge in [-0.15, -0.1) is 0 Å². The van der Waals surface area contributed by atoms with Crippen molar-refractivity contribution in [3.8, 4) is 0 Å². The predicted octanol–water partition coefficient (Wildman–Crippen LogP) is 1.99. The summed E-state index contributed by atoms with van der Waals surface area (Å²) in [6.45, 7) is 1.54. The summed E-state index contributed by atoms with van der Waals surface area (Å²) in [5.41, 5.74) is 2.43. The molecule has 0 spiro atoms. The molecule has 0 aliphatic heterocycles. The van der Waals surface area contributed by atoms with Crippen LogP contribution in [0.5, 0.6) is 0 Å². The molecule has 0 radical (unpaired) electrons. The van der Waals surface area contributed by atoms with Gasteiger partial charge >= 0.3 is 0 Å². The van der Waals surface area contributed by atoms with Gasteiger partial charge in [0.1, 0.15) is 0 Å². The van der Waals surface area contributed by atoms with E-state index in [1.165, 1.54) is 12.1 Å². The van der Waals surface area contributed by atoms with Crippen LogP contribution in [0.1, 0.15) is 6.42 Å². The van der Waals surface area contributed by atoms with E-state index >= 15 is 0 Å². The zero-order valence-corrected chi connectivity index (χ0v) is 11.9. The fourth-order valence-electron chi connectivity index (χ4n) is 1.91. The van der Waals surface area contributed by atoms with E-state index in [2.05, 4.69) is 10.6 Å². The minimum absolute atomic E-state index is 0.0863. The molecule has 22 heavy (non-hydrogen) atoms. The van der Waals surface area contributed by atoms with Crippen LogP contribution in [0.15, 0.2) is 48.5 Å². The van der Waals surface area contributed by atoms with Gasteiger partial charge in [0.15, 0.2) is 0 Å². The van der Waals surface area contributed by atoms with Crippen molar-refractivity contribution in [1.29, 1.82) is 0 Å². The number of non-ortho nitro benzene ring substituents is 1. The third kappa shape index (κ3) is 4.55. The number of nitro benzene ring substituents is 1. The maximum absolute atomic E-state index is 10.5. The summed E-state index contributed by atoms with van der Waals surface area (Å²) in [7, 11) is 0. The van der Waals surface area contributed by atoms with Crippen LogP contribution in [0, 0.1) is 15.0 Å². The Morgan fingerprint density at radius 1 is 0.909 bits per heavy atom. The second-order valence-corrected chi connectivity index (χ2v) is 4.69. The summed E-state index contributed by atoms with van der Waals surface area (Å²) in [6.07, 6.45) is 0.887. The Balaban J connectivity index is 1.68. The van der Waals surface area contributed by atoms with E-state index < -0.39 is 4.92 Å². The summed E-state index contributed by atoms with van der Waals surface area (Å²) in [5.74, 6) is 0. The largest absolute Gasteiger partial charge is 0.385 e. The van der Waals surface area contributed by atoms with Crippen molar-refractivity contribution in [3.05, 3.63) is 63.6 Å². The molecular formula is C15H17N4O3+. The Bertz CT molecular complexity index is 626. The summed E-state index contributed by atoms with van der Waals surface area (Å²) < 4.78 is 0. The smallest absolute Gasteiger partial charge is 0.269 e. The van der Waals surface area contributed by atoms with Crippen molar-refractivity contribution < 1.29 is 10.1 Å². The average Bonchev–Trinajstić information content (AvgIpc) is 2.55. The minimum atomic E-state index is -0.415. The molecule has 0 saturated heterocycles. The Hall–Kier alpha value is -2.96. The molecule has 0 saturated carbocycles. The Morgan fingerprint density at radius 3 is 1.86 bits per heavy atom. The van der Waals surface area contributed by atoms with Crippen molar-refractivity contribution in [2.75, 3.05) is 23.7 Å². The number of nitrogens with zero attached hydrogens (tertiary/aromatic N) is 1. The zero-order valence-electron chi connectivity index (χ0n) is 11.9. The molecule has 0 bridgehead atoms. The number of rotatable bonds is 8. The first-order valence-electron chi connectivity index (χ1n) is 6.89. The topological polar surface area (TPSA) is 98.2 Å². The van der Waals surface area contributed by atoms with Crippen LogP contribution >= 0.6 is 0 Å². The van der Waals surface area contributed by atoms with E-state index in [9.17, 15) is 15.0 Å². The number of anilines is 2. The summed E-state index contributed by atoms with van der Waals surface area (Å²) in [6, 6.07) is 13.4. The lowest BCUT2D eigenvalue weighted by atomic mass is 10.2. The third-order valence-corrected chi connectivity index (χ3v) is 3.09. The number of hydrogen-bond donors (Lipinski definition) is 3. The van der Waals surface area contributed by atoms with Gasteiger partial charge in [0.25, 0.3) is 11.4 Å². The molecule has 0 fully saturated rings. The lowest BCUT2D eigenvalue weighted by Gasteiger charge is -2.08. The monoisotopic (exact) mass is 301 g/mol. The fraction of sp³-hybridized carbons (Fsp3) is 0.200. The van der Waals surface area contributed by atoms with Gasteiger partial charge in [-0.2, -0.15) is 0 Å². The number of hydrogen-bond acceptors (Lipinski definition) is 5. The molecule has 2 aromatic rings. The second-order valence-electron chi connectivity index (χ2n) is 4.69. The van der Waals surface area contributed by atoms with Gasteiger partial charge in [-0.1, -0.05) is 0 Å². The molecule has 7 heteroatoms. The lowest BCUT2D eigenvalue weighted by molar-refractivity contribution is -0.384. The van der Waals surface area contributed by atoms with Gasteiger partial charge in [0.2, 0.25) is 0 Å². The first kappa shape index (κ1) is 15.4.